The van der Waals surface area contributed by atoms with E-state index in [1.807, 2.05) is 4.90 Å². The lowest BCUT2D eigenvalue weighted by atomic mass is 9.79. The van der Waals surface area contributed by atoms with Gasteiger partial charge in [-0.1, -0.05) is 27.7 Å². The van der Waals surface area contributed by atoms with E-state index in [1.54, 1.807) is 0 Å². The molecule has 0 aromatic carbocycles. The van der Waals surface area contributed by atoms with Gasteiger partial charge in [0, 0.05) is 19.0 Å². The zero-order chi connectivity index (χ0) is 15.6. The van der Waals surface area contributed by atoms with Crippen LogP contribution in [-0.2, 0) is 9.59 Å². The molecule has 120 valence electrons. The van der Waals surface area contributed by atoms with E-state index in [2.05, 4.69) is 33.0 Å². The van der Waals surface area contributed by atoms with Crippen molar-refractivity contribution < 1.29 is 9.59 Å². The van der Waals surface area contributed by atoms with Gasteiger partial charge in [0.15, 0.2) is 0 Å². The van der Waals surface area contributed by atoms with Gasteiger partial charge in [-0.25, -0.2) is 0 Å². The third-order valence-corrected chi connectivity index (χ3v) is 4.80. The summed E-state index contributed by atoms with van der Waals surface area (Å²) < 4.78 is 0. The van der Waals surface area contributed by atoms with Crippen molar-refractivity contribution in [2.24, 2.45) is 17.8 Å². The Morgan fingerprint density at radius 3 is 2.33 bits per heavy atom. The lowest BCUT2D eigenvalue weighted by molar-refractivity contribution is -0.137. The predicted octanol–water partition coefficient (Wildman–Crippen LogP) is 2.57. The van der Waals surface area contributed by atoms with Crippen molar-refractivity contribution >= 4 is 11.8 Å². The lowest BCUT2D eigenvalue weighted by Crippen LogP contribution is -2.50. The van der Waals surface area contributed by atoms with Crippen LogP contribution >= 0.6 is 0 Å². The number of hydrogen-bond acceptors (Lipinski definition) is 2. The van der Waals surface area contributed by atoms with Crippen molar-refractivity contribution in [2.45, 2.75) is 71.9 Å². The Kier molecular flexibility index (Phi) is 5.28. The second-order valence-electron chi connectivity index (χ2n) is 7.60. The molecular formula is C17H30N2O2. The summed E-state index contributed by atoms with van der Waals surface area (Å²) in [5.41, 5.74) is 0. The number of carbonyl (C=O) groups excluding carboxylic acids is 2. The highest BCUT2D eigenvalue weighted by Crippen LogP contribution is 2.32. The van der Waals surface area contributed by atoms with Gasteiger partial charge in [0.05, 0.1) is 0 Å². The van der Waals surface area contributed by atoms with E-state index >= 15 is 0 Å². The highest BCUT2D eigenvalue weighted by atomic mass is 16.2. The summed E-state index contributed by atoms with van der Waals surface area (Å²) in [6, 6.07) is -0.00819. The van der Waals surface area contributed by atoms with Gasteiger partial charge in [0.1, 0.15) is 6.04 Å². The number of hydrogen-bond donors (Lipinski definition) is 1. The topological polar surface area (TPSA) is 49.4 Å². The molecule has 1 aliphatic heterocycles. The normalized spacial score (nSPS) is 34.8. The molecule has 0 spiro atoms. The molecule has 3 atom stereocenters. The van der Waals surface area contributed by atoms with Crippen LogP contribution < -0.4 is 5.32 Å². The van der Waals surface area contributed by atoms with Gasteiger partial charge < -0.3 is 10.2 Å². The lowest BCUT2D eigenvalue weighted by Gasteiger charge is -2.39. The summed E-state index contributed by atoms with van der Waals surface area (Å²) in [5.74, 6) is 1.90. The quantitative estimate of drug-likeness (QED) is 0.869. The van der Waals surface area contributed by atoms with Gasteiger partial charge in [-0.2, -0.15) is 0 Å². The fourth-order valence-electron chi connectivity index (χ4n) is 4.01. The molecule has 0 bridgehead atoms. The minimum Gasteiger partial charge on any atom is -0.344 e. The van der Waals surface area contributed by atoms with Crippen molar-refractivity contribution in [1.29, 1.82) is 0 Å². The fraction of sp³-hybridized carbons (Fsp3) is 0.882. The van der Waals surface area contributed by atoms with Gasteiger partial charge in [-0.05, 0) is 43.4 Å². The maximum Gasteiger partial charge on any atom is 0.245 e. The van der Waals surface area contributed by atoms with Crippen LogP contribution in [0.15, 0.2) is 0 Å². The molecule has 2 rings (SSSR count). The first kappa shape index (κ1) is 16.3. The molecule has 1 saturated carbocycles. The van der Waals surface area contributed by atoms with Gasteiger partial charge in [-0.3, -0.25) is 9.59 Å². The third-order valence-electron chi connectivity index (χ3n) is 4.80. The molecule has 0 aromatic heterocycles. The number of rotatable bonds is 3. The van der Waals surface area contributed by atoms with Gasteiger partial charge in [0.2, 0.25) is 11.8 Å². The Labute approximate surface area is 128 Å². The largest absolute Gasteiger partial charge is 0.344 e. The van der Waals surface area contributed by atoms with Crippen molar-refractivity contribution in [3.8, 4) is 0 Å². The van der Waals surface area contributed by atoms with Crippen molar-refractivity contribution in [3.05, 3.63) is 0 Å². The third kappa shape index (κ3) is 4.21. The molecule has 4 heteroatoms. The maximum absolute atomic E-state index is 12.9. The fourth-order valence-corrected chi connectivity index (χ4v) is 4.01. The van der Waals surface area contributed by atoms with E-state index < -0.39 is 0 Å². The molecular weight excluding hydrogens is 264 g/mol. The van der Waals surface area contributed by atoms with Gasteiger partial charge in [-0.15, -0.1) is 0 Å². The number of amides is 2. The van der Waals surface area contributed by atoms with E-state index in [0.29, 0.717) is 36.8 Å². The highest BCUT2D eigenvalue weighted by Gasteiger charge is 2.36. The first-order chi connectivity index (χ1) is 9.86. The molecule has 1 N–H and O–H groups in total. The molecule has 2 aliphatic rings. The summed E-state index contributed by atoms with van der Waals surface area (Å²) in [4.78, 5) is 26.7. The van der Waals surface area contributed by atoms with E-state index in [-0.39, 0.29) is 17.9 Å². The number of carbonyl (C=O) groups is 2. The Balaban J connectivity index is 2.13. The molecule has 4 nitrogen and oxygen atoms in total. The molecule has 2 amide bonds. The van der Waals surface area contributed by atoms with Crippen molar-refractivity contribution in [2.75, 3.05) is 6.54 Å². The summed E-state index contributed by atoms with van der Waals surface area (Å²) in [7, 11) is 0. The highest BCUT2D eigenvalue weighted by molar-refractivity contribution is 5.90. The molecule has 2 fully saturated rings. The van der Waals surface area contributed by atoms with Crippen LogP contribution in [0.4, 0.5) is 0 Å². The predicted molar refractivity (Wildman–Crippen MR) is 83.7 cm³/mol. The SMILES string of the molecule is CC(C)CC1NC(=O)CCN(C2CC(C)CC(C)C2)C1=O. The number of nitrogens with one attached hydrogen (secondary N) is 1. The zero-order valence-electron chi connectivity index (χ0n) is 13.9. The van der Waals surface area contributed by atoms with Crippen LogP contribution in [0, 0.1) is 17.8 Å². The minimum absolute atomic E-state index is 0.0217. The first-order valence-corrected chi connectivity index (χ1v) is 8.46. The van der Waals surface area contributed by atoms with E-state index in [0.717, 1.165) is 19.3 Å². The minimum atomic E-state index is -0.326. The van der Waals surface area contributed by atoms with Crippen LogP contribution in [0.1, 0.15) is 59.8 Å². The molecule has 1 aliphatic carbocycles. The average molecular weight is 294 g/mol. The molecule has 21 heavy (non-hydrogen) atoms. The van der Waals surface area contributed by atoms with Crippen LogP contribution in [0.3, 0.4) is 0 Å². The number of nitrogens with zero attached hydrogens (tertiary/aromatic N) is 1. The second kappa shape index (κ2) is 6.80. The molecule has 1 heterocycles. The van der Waals surface area contributed by atoms with E-state index in [4.69, 9.17) is 0 Å². The van der Waals surface area contributed by atoms with Gasteiger partial charge >= 0.3 is 0 Å². The van der Waals surface area contributed by atoms with Crippen molar-refractivity contribution in [1.82, 2.24) is 10.2 Å². The van der Waals surface area contributed by atoms with Crippen LogP contribution in [-0.4, -0.2) is 35.3 Å². The summed E-state index contributed by atoms with van der Waals surface area (Å²) >= 11 is 0. The average Bonchev–Trinajstić information content (AvgIpc) is 2.48. The van der Waals surface area contributed by atoms with Crippen molar-refractivity contribution in [3.63, 3.8) is 0 Å². The Hall–Kier alpha value is -1.06. The standard InChI is InChI=1S/C17H30N2O2/c1-11(2)7-15-17(21)19(6-5-16(20)18-15)14-9-12(3)8-13(4)10-14/h11-15H,5-10H2,1-4H3,(H,18,20). The second-order valence-corrected chi connectivity index (χ2v) is 7.60. The van der Waals surface area contributed by atoms with E-state index in [1.165, 1.54) is 6.42 Å². The summed E-state index contributed by atoms with van der Waals surface area (Å²) in [5, 5.41) is 2.92. The van der Waals surface area contributed by atoms with Crippen LogP contribution in [0.5, 0.6) is 0 Å². The molecule has 0 aromatic rings. The maximum atomic E-state index is 12.9. The monoisotopic (exact) mass is 294 g/mol. The molecule has 1 saturated heterocycles. The zero-order valence-corrected chi connectivity index (χ0v) is 13.9. The van der Waals surface area contributed by atoms with Crippen LogP contribution in [0.2, 0.25) is 0 Å². The molecule has 0 radical (unpaired) electrons. The Morgan fingerprint density at radius 2 is 1.76 bits per heavy atom. The summed E-state index contributed by atoms with van der Waals surface area (Å²) in [6.07, 6.45) is 4.60. The van der Waals surface area contributed by atoms with Crippen LogP contribution in [0.25, 0.3) is 0 Å². The van der Waals surface area contributed by atoms with E-state index in [9.17, 15) is 9.59 Å². The smallest absolute Gasteiger partial charge is 0.245 e. The summed E-state index contributed by atoms with van der Waals surface area (Å²) in [6.45, 7) is 9.34. The Bertz CT molecular complexity index is 384. The Morgan fingerprint density at radius 1 is 1.14 bits per heavy atom. The van der Waals surface area contributed by atoms with Gasteiger partial charge in [0.25, 0.3) is 0 Å². The first-order valence-electron chi connectivity index (χ1n) is 8.46. The molecule has 3 unspecified atom stereocenters.